The quantitative estimate of drug-likeness (QED) is 0.679. The smallest absolute Gasteiger partial charge is 0.238 e. The van der Waals surface area contributed by atoms with Crippen LogP contribution in [0.1, 0.15) is 32.1 Å². The molecule has 0 radical (unpaired) electrons. The number of terminal acetylenes is 1. The van der Waals surface area contributed by atoms with Gasteiger partial charge in [-0.05, 0) is 25.7 Å². The molecule has 17 heavy (non-hydrogen) atoms. The third-order valence-corrected chi connectivity index (χ3v) is 3.61. The minimum absolute atomic E-state index is 0.104. The van der Waals surface area contributed by atoms with Crippen molar-refractivity contribution < 1.29 is 4.79 Å². The summed E-state index contributed by atoms with van der Waals surface area (Å²) in [5, 5.41) is 3.00. The Balaban J connectivity index is 1.70. The van der Waals surface area contributed by atoms with E-state index in [1.54, 1.807) is 0 Å². The van der Waals surface area contributed by atoms with Crippen LogP contribution in [0.2, 0.25) is 0 Å². The van der Waals surface area contributed by atoms with E-state index in [9.17, 15) is 4.79 Å². The Morgan fingerprint density at radius 3 is 2.59 bits per heavy atom. The van der Waals surface area contributed by atoms with Crippen molar-refractivity contribution >= 4 is 5.91 Å². The summed E-state index contributed by atoms with van der Waals surface area (Å²) in [6, 6.07) is 0.554. The fourth-order valence-electron chi connectivity index (χ4n) is 2.38. The predicted molar refractivity (Wildman–Crippen MR) is 67.2 cm³/mol. The first kappa shape index (κ1) is 12.4. The second kappa shape index (κ2) is 5.52. The molecular formula is C13H21N3O. The van der Waals surface area contributed by atoms with E-state index >= 15 is 0 Å². The summed E-state index contributed by atoms with van der Waals surface area (Å²) >= 11 is 0. The molecule has 4 nitrogen and oxygen atoms in total. The summed E-state index contributed by atoms with van der Waals surface area (Å²) in [5.74, 6) is 2.32. The van der Waals surface area contributed by atoms with Gasteiger partial charge in [-0.25, -0.2) is 0 Å². The molecule has 4 heteroatoms. The number of hydrogen-bond donors (Lipinski definition) is 2. The number of nitrogens with one attached hydrogen (secondary N) is 1. The lowest BCUT2D eigenvalue weighted by atomic mass is 10.0. The molecule has 1 atom stereocenters. The molecule has 1 aliphatic heterocycles. The minimum atomic E-state index is -0.554. The zero-order valence-corrected chi connectivity index (χ0v) is 10.2. The molecule has 1 heterocycles. The minimum Gasteiger partial charge on any atom is -0.352 e. The van der Waals surface area contributed by atoms with Gasteiger partial charge in [0.15, 0.2) is 0 Å². The summed E-state index contributed by atoms with van der Waals surface area (Å²) in [5.41, 5.74) is 5.67. The van der Waals surface area contributed by atoms with Crippen molar-refractivity contribution in [1.29, 1.82) is 0 Å². The monoisotopic (exact) mass is 235 g/mol. The van der Waals surface area contributed by atoms with Gasteiger partial charge in [-0.1, -0.05) is 0 Å². The molecule has 0 aromatic rings. The topological polar surface area (TPSA) is 58.4 Å². The van der Waals surface area contributed by atoms with E-state index in [4.69, 9.17) is 12.2 Å². The van der Waals surface area contributed by atoms with Crippen molar-refractivity contribution in [2.24, 2.45) is 5.73 Å². The standard InChI is InChI=1S/C13H21N3O/c1-2-3-12(14)13(17)15-10-6-8-16(9-7-10)11-4-5-11/h1,10-12H,3-9,14H2,(H,15,17). The van der Waals surface area contributed by atoms with E-state index in [0.29, 0.717) is 6.42 Å². The maximum absolute atomic E-state index is 11.7. The van der Waals surface area contributed by atoms with Gasteiger partial charge < -0.3 is 16.0 Å². The highest BCUT2D eigenvalue weighted by molar-refractivity contribution is 5.82. The summed E-state index contributed by atoms with van der Waals surface area (Å²) in [6.07, 6.45) is 10.2. The van der Waals surface area contributed by atoms with Gasteiger partial charge in [0.05, 0.1) is 6.04 Å². The highest BCUT2D eigenvalue weighted by Gasteiger charge is 2.32. The fraction of sp³-hybridized carbons (Fsp3) is 0.769. The van der Waals surface area contributed by atoms with Gasteiger partial charge in [-0.15, -0.1) is 12.3 Å². The van der Waals surface area contributed by atoms with Gasteiger partial charge in [-0.3, -0.25) is 4.79 Å². The molecular weight excluding hydrogens is 214 g/mol. The van der Waals surface area contributed by atoms with Gasteiger partial charge in [-0.2, -0.15) is 0 Å². The summed E-state index contributed by atoms with van der Waals surface area (Å²) in [6.45, 7) is 2.19. The molecule has 0 aromatic heterocycles. The lowest BCUT2D eigenvalue weighted by Crippen LogP contribution is -2.49. The maximum atomic E-state index is 11.7. The first-order valence-electron chi connectivity index (χ1n) is 6.44. The summed E-state index contributed by atoms with van der Waals surface area (Å²) in [7, 11) is 0. The normalized spacial score (nSPS) is 24.0. The highest BCUT2D eigenvalue weighted by atomic mass is 16.2. The average Bonchev–Trinajstić information content (AvgIpc) is 3.14. The van der Waals surface area contributed by atoms with E-state index in [1.165, 1.54) is 12.8 Å². The van der Waals surface area contributed by atoms with Crippen LogP contribution in [0.5, 0.6) is 0 Å². The molecule has 0 spiro atoms. The van der Waals surface area contributed by atoms with Crippen molar-refractivity contribution in [3.05, 3.63) is 0 Å². The molecule has 2 aliphatic rings. The molecule has 2 fully saturated rings. The molecule has 1 aliphatic carbocycles. The molecule has 0 aromatic carbocycles. The molecule has 94 valence electrons. The third kappa shape index (κ3) is 3.45. The van der Waals surface area contributed by atoms with Crippen LogP contribution in [0.25, 0.3) is 0 Å². The number of carbonyl (C=O) groups excluding carboxylic acids is 1. The van der Waals surface area contributed by atoms with Crippen LogP contribution < -0.4 is 11.1 Å². The number of nitrogens with zero attached hydrogens (tertiary/aromatic N) is 1. The Bertz CT molecular complexity index is 311. The third-order valence-electron chi connectivity index (χ3n) is 3.61. The summed E-state index contributed by atoms with van der Waals surface area (Å²) in [4.78, 5) is 14.2. The Morgan fingerprint density at radius 1 is 1.41 bits per heavy atom. The number of hydrogen-bond acceptors (Lipinski definition) is 3. The van der Waals surface area contributed by atoms with Gasteiger partial charge >= 0.3 is 0 Å². The zero-order chi connectivity index (χ0) is 12.3. The van der Waals surface area contributed by atoms with E-state index in [-0.39, 0.29) is 11.9 Å². The molecule has 1 amide bonds. The van der Waals surface area contributed by atoms with Crippen LogP contribution in [0.4, 0.5) is 0 Å². The van der Waals surface area contributed by atoms with E-state index in [1.807, 2.05) is 0 Å². The van der Waals surface area contributed by atoms with Crippen molar-refractivity contribution in [3.8, 4) is 12.3 Å². The SMILES string of the molecule is C#CCC(N)C(=O)NC1CCN(C2CC2)CC1. The van der Waals surface area contributed by atoms with Crippen molar-refractivity contribution in [2.45, 2.75) is 50.2 Å². The molecule has 3 N–H and O–H groups in total. The first-order valence-corrected chi connectivity index (χ1v) is 6.44. The number of rotatable bonds is 4. The average molecular weight is 235 g/mol. The molecule has 2 rings (SSSR count). The number of nitrogens with two attached hydrogens (primary N) is 1. The number of piperidine rings is 1. The second-order valence-electron chi connectivity index (χ2n) is 5.06. The Morgan fingerprint density at radius 2 is 2.06 bits per heavy atom. The Kier molecular flexibility index (Phi) is 4.03. The Labute approximate surface area is 103 Å². The fourth-order valence-corrected chi connectivity index (χ4v) is 2.38. The lowest BCUT2D eigenvalue weighted by molar-refractivity contribution is -0.123. The van der Waals surface area contributed by atoms with Crippen molar-refractivity contribution in [1.82, 2.24) is 10.2 Å². The van der Waals surface area contributed by atoms with Crippen LogP contribution >= 0.6 is 0 Å². The first-order chi connectivity index (χ1) is 8.20. The number of carbonyl (C=O) groups is 1. The lowest BCUT2D eigenvalue weighted by Gasteiger charge is -2.32. The largest absolute Gasteiger partial charge is 0.352 e. The van der Waals surface area contributed by atoms with Crippen LogP contribution in [-0.4, -0.2) is 42.0 Å². The van der Waals surface area contributed by atoms with Gasteiger partial charge in [0.1, 0.15) is 0 Å². The maximum Gasteiger partial charge on any atom is 0.238 e. The van der Waals surface area contributed by atoms with E-state index in [0.717, 1.165) is 32.0 Å². The van der Waals surface area contributed by atoms with E-state index in [2.05, 4.69) is 16.1 Å². The zero-order valence-electron chi connectivity index (χ0n) is 10.2. The molecule has 1 unspecified atom stereocenters. The second-order valence-corrected chi connectivity index (χ2v) is 5.06. The molecule has 0 bridgehead atoms. The molecule has 1 saturated heterocycles. The predicted octanol–water partition coefficient (Wildman–Crippen LogP) is 0.0800. The van der Waals surface area contributed by atoms with Crippen molar-refractivity contribution in [3.63, 3.8) is 0 Å². The van der Waals surface area contributed by atoms with Crippen LogP contribution in [0, 0.1) is 12.3 Å². The van der Waals surface area contributed by atoms with Gasteiger partial charge in [0.25, 0.3) is 0 Å². The molecule has 1 saturated carbocycles. The van der Waals surface area contributed by atoms with Gasteiger partial charge in [0, 0.05) is 31.6 Å². The van der Waals surface area contributed by atoms with Crippen LogP contribution in [0.3, 0.4) is 0 Å². The van der Waals surface area contributed by atoms with Crippen LogP contribution in [0.15, 0.2) is 0 Å². The number of likely N-dealkylation sites (tertiary alicyclic amines) is 1. The van der Waals surface area contributed by atoms with Crippen molar-refractivity contribution in [2.75, 3.05) is 13.1 Å². The number of amides is 1. The summed E-state index contributed by atoms with van der Waals surface area (Å²) < 4.78 is 0. The van der Waals surface area contributed by atoms with Crippen LogP contribution in [-0.2, 0) is 4.79 Å². The Hall–Kier alpha value is -1.05. The highest BCUT2D eigenvalue weighted by Crippen LogP contribution is 2.29. The van der Waals surface area contributed by atoms with E-state index < -0.39 is 6.04 Å². The van der Waals surface area contributed by atoms with Gasteiger partial charge in [0.2, 0.25) is 5.91 Å².